The number of benzene rings is 1. The summed E-state index contributed by atoms with van der Waals surface area (Å²) in [7, 11) is 3.89. The van der Waals surface area contributed by atoms with Gasteiger partial charge < -0.3 is 15.4 Å². The van der Waals surface area contributed by atoms with Gasteiger partial charge in [-0.25, -0.2) is 0 Å². The fourth-order valence-electron chi connectivity index (χ4n) is 1.59. The second kappa shape index (κ2) is 7.25. The van der Waals surface area contributed by atoms with Crippen molar-refractivity contribution in [3.8, 4) is 0 Å². The second-order valence-corrected chi connectivity index (χ2v) is 4.14. The van der Waals surface area contributed by atoms with Gasteiger partial charge in [-0.2, -0.15) is 0 Å². The lowest BCUT2D eigenvalue weighted by atomic mass is 10.1. The molecule has 0 radical (unpaired) electrons. The first-order chi connectivity index (χ1) is 7.72. The Labute approximate surface area is 98.2 Å². The molecule has 0 spiro atoms. The van der Waals surface area contributed by atoms with Gasteiger partial charge in [-0.05, 0) is 37.6 Å². The van der Waals surface area contributed by atoms with E-state index >= 15 is 0 Å². The molecule has 0 fully saturated rings. The number of rotatable bonds is 7. The highest BCUT2D eigenvalue weighted by Gasteiger charge is 1.99. The first-order valence-corrected chi connectivity index (χ1v) is 5.74. The summed E-state index contributed by atoms with van der Waals surface area (Å²) in [5.74, 6) is 0. The minimum atomic E-state index is 0.831. The van der Waals surface area contributed by atoms with E-state index in [1.54, 1.807) is 7.11 Å². The fraction of sp³-hybridized carbons (Fsp3) is 0.538. The molecular weight excluding hydrogens is 200 g/mol. The summed E-state index contributed by atoms with van der Waals surface area (Å²) < 4.78 is 5.03. The van der Waals surface area contributed by atoms with Crippen molar-refractivity contribution in [3.05, 3.63) is 29.8 Å². The molecule has 1 aromatic rings. The zero-order valence-corrected chi connectivity index (χ0v) is 10.3. The van der Waals surface area contributed by atoms with Gasteiger partial charge in [0.2, 0.25) is 0 Å². The van der Waals surface area contributed by atoms with Gasteiger partial charge in [-0.1, -0.05) is 12.1 Å². The number of nitrogens with zero attached hydrogens (tertiary/aromatic N) is 1. The van der Waals surface area contributed by atoms with Crippen LogP contribution >= 0.6 is 0 Å². The predicted octanol–water partition coefficient (Wildman–Crippen LogP) is 1.78. The average molecular weight is 222 g/mol. The van der Waals surface area contributed by atoms with E-state index in [0.29, 0.717) is 0 Å². The summed E-state index contributed by atoms with van der Waals surface area (Å²) in [6.07, 6.45) is 2.17. The average Bonchev–Trinajstić information content (AvgIpc) is 2.29. The summed E-state index contributed by atoms with van der Waals surface area (Å²) in [6.45, 7) is 3.00. The van der Waals surface area contributed by atoms with E-state index in [1.807, 2.05) is 12.1 Å². The zero-order valence-electron chi connectivity index (χ0n) is 10.3. The van der Waals surface area contributed by atoms with E-state index in [2.05, 4.69) is 24.1 Å². The zero-order chi connectivity index (χ0) is 11.8. The SMILES string of the molecule is COCCCN(C)CCc1ccc(N)cc1. The maximum absolute atomic E-state index is 5.64. The minimum Gasteiger partial charge on any atom is -0.399 e. The van der Waals surface area contributed by atoms with E-state index in [9.17, 15) is 0 Å². The number of hydrogen-bond donors (Lipinski definition) is 1. The van der Waals surface area contributed by atoms with E-state index in [-0.39, 0.29) is 0 Å². The van der Waals surface area contributed by atoms with E-state index < -0.39 is 0 Å². The molecule has 1 rings (SSSR count). The Kier molecular flexibility index (Phi) is 5.90. The largest absolute Gasteiger partial charge is 0.399 e. The molecule has 0 aliphatic heterocycles. The van der Waals surface area contributed by atoms with Crippen LogP contribution in [0.4, 0.5) is 5.69 Å². The Balaban J connectivity index is 2.20. The van der Waals surface area contributed by atoms with Crippen molar-refractivity contribution < 1.29 is 4.74 Å². The van der Waals surface area contributed by atoms with Gasteiger partial charge in [-0.15, -0.1) is 0 Å². The highest BCUT2D eigenvalue weighted by molar-refractivity contribution is 5.39. The Morgan fingerprint density at radius 2 is 1.88 bits per heavy atom. The van der Waals surface area contributed by atoms with Crippen LogP contribution in [0.15, 0.2) is 24.3 Å². The van der Waals surface area contributed by atoms with Crippen LogP contribution < -0.4 is 5.73 Å². The van der Waals surface area contributed by atoms with Crippen molar-refractivity contribution in [2.75, 3.05) is 39.6 Å². The van der Waals surface area contributed by atoms with Crippen LogP contribution in [-0.2, 0) is 11.2 Å². The molecule has 3 nitrogen and oxygen atoms in total. The van der Waals surface area contributed by atoms with E-state index in [1.165, 1.54) is 5.56 Å². The number of ether oxygens (including phenoxy) is 1. The fourth-order valence-corrected chi connectivity index (χ4v) is 1.59. The Morgan fingerprint density at radius 3 is 2.50 bits per heavy atom. The van der Waals surface area contributed by atoms with Gasteiger partial charge >= 0.3 is 0 Å². The molecule has 90 valence electrons. The van der Waals surface area contributed by atoms with Crippen LogP contribution in [0, 0.1) is 0 Å². The molecule has 2 N–H and O–H groups in total. The summed E-state index contributed by atoms with van der Waals surface area (Å²) in [4.78, 5) is 2.33. The predicted molar refractivity (Wildman–Crippen MR) is 68.5 cm³/mol. The van der Waals surface area contributed by atoms with Crippen LogP contribution in [0.2, 0.25) is 0 Å². The lowest BCUT2D eigenvalue weighted by Crippen LogP contribution is -2.23. The Bertz CT molecular complexity index is 284. The van der Waals surface area contributed by atoms with Gasteiger partial charge in [0.05, 0.1) is 0 Å². The minimum absolute atomic E-state index is 0.831. The molecule has 1 aromatic carbocycles. The molecule has 0 amide bonds. The van der Waals surface area contributed by atoms with Gasteiger partial charge in [0, 0.05) is 32.5 Å². The molecular formula is C13H22N2O. The van der Waals surface area contributed by atoms with Crippen molar-refractivity contribution >= 4 is 5.69 Å². The monoisotopic (exact) mass is 222 g/mol. The molecule has 0 saturated carbocycles. The molecule has 0 unspecified atom stereocenters. The third kappa shape index (κ3) is 5.14. The first kappa shape index (κ1) is 13.0. The Hall–Kier alpha value is -1.06. The molecule has 0 saturated heterocycles. The maximum Gasteiger partial charge on any atom is 0.0474 e. The smallest absolute Gasteiger partial charge is 0.0474 e. The quantitative estimate of drug-likeness (QED) is 0.564. The van der Waals surface area contributed by atoms with Gasteiger partial charge in [0.1, 0.15) is 0 Å². The van der Waals surface area contributed by atoms with Crippen LogP contribution in [0.5, 0.6) is 0 Å². The standard InChI is InChI=1S/C13H22N2O/c1-15(9-3-11-16-2)10-8-12-4-6-13(14)7-5-12/h4-7H,3,8-11,14H2,1-2H3. The molecule has 16 heavy (non-hydrogen) atoms. The number of anilines is 1. The molecule has 0 atom stereocenters. The third-order valence-electron chi connectivity index (χ3n) is 2.65. The highest BCUT2D eigenvalue weighted by Crippen LogP contribution is 2.06. The van der Waals surface area contributed by atoms with Crippen molar-refractivity contribution in [3.63, 3.8) is 0 Å². The maximum atomic E-state index is 5.64. The second-order valence-electron chi connectivity index (χ2n) is 4.14. The lowest BCUT2D eigenvalue weighted by molar-refractivity contribution is 0.179. The van der Waals surface area contributed by atoms with E-state index in [4.69, 9.17) is 10.5 Å². The van der Waals surface area contributed by atoms with Crippen molar-refractivity contribution in [2.45, 2.75) is 12.8 Å². The van der Waals surface area contributed by atoms with Crippen LogP contribution in [-0.4, -0.2) is 38.8 Å². The summed E-state index contributed by atoms with van der Waals surface area (Å²) >= 11 is 0. The first-order valence-electron chi connectivity index (χ1n) is 5.74. The molecule has 0 aliphatic carbocycles. The number of hydrogen-bond acceptors (Lipinski definition) is 3. The number of nitrogen functional groups attached to an aromatic ring is 1. The number of nitrogens with two attached hydrogens (primary N) is 1. The molecule has 0 aliphatic rings. The number of methoxy groups -OCH3 is 1. The molecule has 0 aromatic heterocycles. The normalized spacial score (nSPS) is 10.9. The molecule has 0 heterocycles. The molecule has 0 bridgehead atoms. The van der Waals surface area contributed by atoms with Crippen LogP contribution in [0.3, 0.4) is 0 Å². The Morgan fingerprint density at radius 1 is 1.19 bits per heavy atom. The van der Waals surface area contributed by atoms with Crippen LogP contribution in [0.1, 0.15) is 12.0 Å². The van der Waals surface area contributed by atoms with E-state index in [0.717, 1.165) is 38.2 Å². The summed E-state index contributed by atoms with van der Waals surface area (Å²) in [5, 5.41) is 0. The van der Waals surface area contributed by atoms with Gasteiger partial charge in [-0.3, -0.25) is 0 Å². The van der Waals surface area contributed by atoms with Crippen molar-refractivity contribution in [1.29, 1.82) is 0 Å². The highest BCUT2D eigenvalue weighted by atomic mass is 16.5. The third-order valence-corrected chi connectivity index (χ3v) is 2.65. The van der Waals surface area contributed by atoms with Gasteiger partial charge in [0.25, 0.3) is 0 Å². The topological polar surface area (TPSA) is 38.5 Å². The van der Waals surface area contributed by atoms with Gasteiger partial charge in [0.15, 0.2) is 0 Å². The summed E-state index contributed by atoms with van der Waals surface area (Å²) in [5.41, 5.74) is 7.81. The molecule has 3 heteroatoms. The summed E-state index contributed by atoms with van der Waals surface area (Å²) in [6, 6.07) is 8.11. The van der Waals surface area contributed by atoms with Crippen molar-refractivity contribution in [1.82, 2.24) is 4.90 Å². The number of likely N-dealkylation sites (N-methyl/N-ethyl adjacent to an activating group) is 1. The lowest BCUT2D eigenvalue weighted by Gasteiger charge is -2.16. The van der Waals surface area contributed by atoms with Crippen molar-refractivity contribution in [2.24, 2.45) is 0 Å². The van der Waals surface area contributed by atoms with Crippen LogP contribution in [0.25, 0.3) is 0 Å².